The molecule has 2 N–H and O–H groups in total. The molecule has 0 bridgehead atoms. The highest BCUT2D eigenvalue weighted by Gasteiger charge is 2.34. The molecule has 2 heterocycles. The SMILES string of the molecule is COCCn1c(C)cc2c(c1=O)[C@H](c1cccc(F)c1)C(C#N)=C(N)O2. The molecule has 0 radical (unpaired) electrons. The maximum Gasteiger partial charge on any atom is 0.258 e. The van der Waals surface area contributed by atoms with E-state index in [9.17, 15) is 14.4 Å². The zero-order valence-electron chi connectivity index (χ0n) is 14.5. The number of aromatic nitrogens is 1. The minimum absolute atomic E-state index is 0.0808. The number of rotatable bonds is 4. The summed E-state index contributed by atoms with van der Waals surface area (Å²) >= 11 is 0. The number of pyridine rings is 1. The first-order chi connectivity index (χ1) is 12.5. The Kier molecular flexibility index (Phi) is 4.78. The zero-order chi connectivity index (χ0) is 18.8. The number of allylic oxidation sites excluding steroid dienone is 1. The molecule has 0 saturated heterocycles. The van der Waals surface area contributed by atoms with E-state index in [1.54, 1.807) is 30.7 Å². The second-order valence-electron chi connectivity index (χ2n) is 5.99. The van der Waals surface area contributed by atoms with Gasteiger partial charge in [0.25, 0.3) is 5.56 Å². The Balaban J connectivity index is 2.28. The van der Waals surface area contributed by atoms with Gasteiger partial charge in [0.15, 0.2) is 0 Å². The molecule has 26 heavy (non-hydrogen) atoms. The predicted octanol–water partition coefficient (Wildman–Crippen LogP) is 2.16. The van der Waals surface area contributed by atoms with Crippen LogP contribution < -0.4 is 16.0 Å². The molecule has 1 aromatic heterocycles. The molecule has 7 heteroatoms. The number of halogens is 1. The number of hydrogen-bond donors (Lipinski definition) is 1. The molecule has 2 aromatic rings. The third-order valence-electron chi connectivity index (χ3n) is 4.39. The molecule has 0 unspecified atom stereocenters. The van der Waals surface area contributed by atoms with Crippen LogP contribution in [-0.2, 0) is 11.3 Å². The van der Waals surface area contributed by atoms with Crippen LogP contribution in [0.25, 0.3) is 0 Å². The number of aryl methyl sites for hydroxylation is 1. The largest absolute Gasteiger partial charge is 0.440 e. The van der Waals surface area contributed by atoms with Crippen LogP contribution in [0.5, 0.6) is 5.75 Å². The van der Waals surface area contributed by atoms with E-state index in [0.717, 1.165) is 0 Å². The maximum atomic E-state index is 13.8. The topological polar surface area (TPSA) is 90.3 Å². The van der Waals surface area contributed by atoms with E-state index in [-0.39, 0.29) is 28.3 Å². The van der Waals surface area contributed by atoms with Crippen LogP contribution in [0.1, 0.15) is 22.7 Å². The zero-order valence-corrected chi connectivity index (χ0v) is 14.5. The third kappa shape index (κ3) is 2.95. The summed E-state index contributed by atoms with van der Waals surface area (Å²) in [6.45, 7) is 2.48. The number of fused-ring (bicyclic) bond motifs is 1. The summed E-state index contributed by atoms with van der Waals surface area (Å²) in [6.07, 6.45) is 0. The third-order valence-corrected chi connectivity index (χ3v) is 4.39. The van der Waals surface area contributed by atoms with Crippen LogP contribution in [0, 0.1) is 24.1 Å². The average Bonchev–Trinajstić information content (AvgIpc) is 2.60. The van der Waals surface area contributed by atoms with Gasteiger partial charge in [0.1, 0.15) is 23.2 Å². The van der Waals surface area contributed by atoms with E-state index in [1.165, 1.54) is 18.2 Å². The lowest BCUT2D eigenvalue weighted by Crippen LogP contribution is -2.33. The molecule has 0 spiro atoms. The van der Waals surface area contributed by atoms with E-state index >= 15 is 0 Å². The molecule has 3 rings (SSSR count). The highest BCUT2D eigenvalue weighted by molar-refractivity contribution is 5.55. The monoisotopic (exact) mass is 355 g/mol. The second kappa shape index (κ2) is 7.02. The molecule has 6 nitrogen and oxygen atoms in total. The van der Waals surface area contributed by atoms with Gasteiger partial charge in [0.05, 0.1) is 18.1 Å². The first-order valence-electron chi connectivity index (χ1n) is 8.04. The predicted molar refractivity (Wildman–Crippen MR) is 93.0 cm³/mol. The van der Waals surface area contributed by atoms with Gasteiger partial charge in [0, 0.05) is 25.4 Å². The van der Waals surface area contributed by atoms with E-state index in [2.05, 4.69) is 0 Å². The van der Waals surface area contributed by atoms with Gasteiger partial charge < -0.3 is 19.8 Å². The molecule has 0 fully saturated rings. The fraction of sp³-hybridized carbons (Fsp3) is 0.263. The second-order valence-corrected chi connectivity index (χ2v) is 5.99. The van der Waals surface area contributed by atoms with Crippen LogP contribution >= 0.6 is 0 Å². The summed E-state index contributed by atoms with van der Waals surface area (Å²) in [4.78, 5) is 13.1. The lowest BCUT2D eigenvalue weighted by Gasteiger charge is -2.27. The molecule has 0 amide bonds. The Bertz CT molecular complexity index is 988. The van der Waals surface area contributed by atoms with E-state index in [4.69, 9.17) is 15.2 Å². The summed E-state index contributed by atoms with van der Waals surface area (Å²) in [5.74, 6) is -1.05. The fourth-order valence-corrected chi connectivity index (χ4v) is 3.17. The molecule has 1 aromatic carbocycles. The Morgan fingerprint density at radius 2 is 2.19 bits per heavy atom. The van der Waals surface area contributed by atoms with Gasteiger partial charge in [-0.15, -0.1) is 0 Å². The van der Waals surface area contributed by atoms with Crippen LogP contribution in [0.4, 0.5) is 4.39 Å². The van der Waals surface area contributed by atoms with Gasteiger partial charge in [-0.3, -0.25) is 4.79 Å². The van der Waals surface area contributed by atoms with Crippen molar-refractivity contribution in [1.82, 2.24) is 4.57 Å². The number of hydrogen-bond acceptors (Lipinski definition) is 5. The normalized spacial score (nSPS) is 16.0. The lowest BCUT2D eigenvalue weighted by molar-refractivity contribution is 0.185. The van der Waals surface area contributed by atoms with Gasteiger partial charge in [-0.25, -0.2) is 4.39 Å². The number of nitriles is 1. The Morgan fingerprint density at radius 3 is 2.85 bits per heavy atom. The van der Waals surface area contributed by atoms with Gasteiger partial charge in [-0.2, -0.15) is 5.26 Å². The van der Waals surface area contributed by atoms with Gasteiger partial charge in [-0.1, -0.05) is 12.1 Å². The summed E-state index contributed by atoms with van der Waals surface area (Å²) in [5, 5.41) is 9.55. The molecule has 0 aliphatic carbocycles. The molecule has 1 atom stereocenters. The minimum Gasteiger partial charge on any atom is -0.440 e. The number of methoxy groups -OCH3 is 1. The van der Waals surface area contributed by atoms with Crippen molar-refractivity contribution in [2.75, 3.05) is 13.7 Å². The average molecular weight is 355 g/mol. The van der Waals surface area contributed by atoms with Gasteiger partial charge in [0.2, 0.25) is 5.88 Å². The van der Waals surface area contributed by atoms with E-state index in [1.807, 2.05) is 6.07 Å². The number of nitrogens with zero attached hydrogens (tertiary/aromatic N) is 2. The summed E-state index contributed by atoms with van der Waals surface area (Å²) in [5.41, 5.74) is 7.08. The van der Waals surface area contributed by atoms with Gasteiger partial charge in [-0.05, 0) is 24.6 Å². The van der Waals surface area contributed by atoms with Crippen molar-refractivity contribution in [1.29, 1.82) is 5.26 Å². The van der Waals surface area contributed by atoms with Crippen molar-refractivity contribution in [3.05, 3.63) is 74.8 Å². The Hall–Kier alpha value is -3.11. The van der Waals surface area contributed by atoms with Crippen LogP contribution in [0.15, 0.2) is 46.6 Å². The van der Waals surface area contributed by atoms with E-state index in [0.29, 0.717) is 24.4 Å². The fourth-order valence-electron chi connectivity index (χ4n) is 3.17. The molecular weight excluding hydrogens is 337 g/mol. The summed E-state index contributed by atoms with van der Waals surface area (Å²) in [7, 11) is 1.55. The van der Waals surface area contributed by atoms with Crippen molar-refractivity contribution in [2.45, 2.75) is 19.4 Å². The maximum absolute atomic E-state index is 13.8. The number of nitrogens with two attached hydrogens (primary N) is 1. The molecule has 1 aliphatic heterocycles. The molecular formula is C19H18FN3O3. The van der Waals surface area contributed by atoms with Crippen molar-refractivity contribution < 1.29 is 13.9 Å². The Labute approximate surface area is 149 Å². The Morgan fingerprint density at radius 1 is 1.42 bits per heavy atom. The van der Waals surface area contributed by atoms with Crippen LogP contribution in [0.2, 0.25) is 0 Å². The molecule has 134 valence electrons. The van der Waals surface area contributed by atoms with Crippen molar-refractivity contribution in [3.63, 3.8) is 0 Å². The highest BCUT2D eigenvalue weighted by atomic mass is 19.1. The standard InChI is InChI=1S/C19H18FN3O3/c1-11-8-15-17(19(24)23(11)6-7-25-2)16(14(10-21)18(22)26-15)12-4-3-5-13(20)9-12/h3-5,8-9,16H,6-7,22H2,1-2H3/t16-/m1/s1. The molecule has 0 saturated carbocycles. The lowest BCUT2D eigenvalue weighted by atomic mass is 9.84. The van der Waals surface area contributed by atoms with Crippen molar-refractivity contribution >= 4 is 0 Å². The summed E-state index contributed by atoms with van der Waals surface area (Å²) < 4.78 is 25.9. The van der Waals surface area contributed by atoms with Crippen LogP contribution in [-0.4, -0.2) is 18.3 Å². The number of ether oxygens (including phenoxy) is 2. The summed E-state index contributed by atoms with van der Waals surface area (Å²) in [6, 6.07) is 9.48. The van der Waals surface area contributed by atoms with Crippen molar-refractivity contribution in [3.8, 4) is 11.8 Å². The smallest absolute Gasteiger partial charge is 0.258 e. The van der Waals surface area contributed by atoms with Crippen LogP contribution in [0.3, 0.4) is 0 Å². The molecule has 1 aliphatic rings. The van der Waals surface area contributed by atoms with E-state index < -0.39 is 11.7 Å². The number of benzene rings is 1. The first kappa shape index (κ1) is 17.7. The quantitative estimate of drug-likeness (QED) is 0.908. The first-order valence-corrected chi connectivity index (χ1v) is 8.04. The minimum atomic E-state index is -0.790. The van der Waals surface area contributed by atoms with Crippen molar-refractivity contribution in [2.24, 2.45) is 5.73 Å². The van der Waals surface area contributed by atoms with Gasteiger partial charge >= 0.3 is 0 Å². The highest BCUT2D eigenvalue weighted by Crippen LogP contribution is 2.40.